The number of nitro benzene ring substituents is 1. The summed E-state index contributed by atoms with van der Waals surface area (Å²) >= 11 is 0. The molecule has 0 unspecified atom stereocenters. The second-order valence-electron chi connectivity index (χ2n) is 3.84. The van der Waals surface area contributed by atoms with Crippen LogP contribution in [-0.2, 0) is 6.54 Å². The minimum absolute atomic E-state index is 0.140. The van der Waals surface area contributed by atoms with E-state index in [2.05, 4.69) is 5.32 Å². The van der Waals surface area contributed by atoms with Gasteiger partial charge in [0.15, 0.2) is 0 Å². The van der Waals surface area contributed by atoms with Crippen LogP contribution in [0, 0.1) is 10.1 Å². The first-order chi connectivity index (χ1) is 7.56. The molecule has 0 aliphatic carbocycles. The molecule has 0 heterocycles. The van der Waals surface area contributed by atoms with Crippen molar-refractivity contribution in [3.05, 3.63) is 33.9 Å². The maximum atomic E-state index is 10.9. The molecule has 0 fully saturated rings. The predicted molar refractivity (Wildman–Crippen MR) is 64.7 cm³/mol. The topological polar surface area (TPSA) is 58.4 Å². The van der Waals surface area contributed by atoms with Crippen LogP contribution in [0.4, 0.5) is 11.4 Å². The summed E-state index contributed by atoms with van der Waals surface area (Å²) in [6.45, 7) is 3.28. The largest absolute Gasteiger partial charge is 0.380 e. The molecular formula is C11H17N3O2. The molecule has 0 amide bonds. The molecule has 0 radical (unpaired) electrons. The summed E-state index contributed by atoms with van der Waals surface area (Å²) in [5, 5.41) is 13.9. The average molecular weight is 223 g/mol. The molecule has 5 nitrogen and oxygen atoms in total. The predicted octanol–water partition coefficient (Wildman–Crippen LogP) is 2.09. The second kappa shape index (κ2) is 5.46. The first-order valence-corrected chi connectivity index (χ1v) is 5.21. The number of hydrogen-bond donors (Lipinski definition) is 1. The van der Waals surface area contributed by atoms with E-state index < -0.39 is 0 Å². The third kappa shape index (κ3) is 2.93. The van der Waals surface area contributed by atoms with Gasteiger partial charge in [-0.25, -0.2) is 0 Å². The minimum Gasteiger partial charge on any atom is -0.380 e. The molecule has 0 aromatic heterocycles. The smallest absolute Gasteiger partial charge is 0.292 e. The molecule has 0 bridgehead atoms. The van der Waals surface area contributed by atoms with Crippen molar-refractivity contribution in [2.75, 3.05) is 26.0 Å². The summed E-state index contributed by atoms with van der Waals surface area (Å²) < 4.78 is 0. The zero-order valence-corrected chi connectivity index (χ0v) is 9.86. The van der Waals surface area contributed by atoms with Gasteiger partial charge in [-0.1, -0.05) is 12.1 Å². The molecule has 88 valence electrons. The van der Waals surface area contributed by atoms with Gasteiger partial charge in [0.1, 0.15) is 5.69 Å². The van der Waals surface area contributed by atoms with Crippen LogP contribution in [0.3, 0.4) is 0 Å². The molecular weight excluding hydrogens is 206 g/mol. The van der Waals surface area contributed by atoms with Crippen molar-refractivity contribution in [2.45, 2.75) is 13.5 Å². The van der Waals surface area contributed by atoms with E-state index >= 15 is 0 Å². The number of nitro groups is 1. The number of nitrogens with one attached hydrogen (secondary N) is 1. The van der Waals surface area contributed by atoms with Crippen LogP contribution >= 0.6 is 0 Å². The van der Waals surface area contributed by atoms with E-state index in [9.17, 15) is 10.1 Å². The van der Waals surface area contributed by atoms with Gasteiger partial charge in [0.2, 0.25) is 0 Å². The third-order valence-electron chi connectivity index (χ3n) is 2.17. The maximum absolute atomic E-state index is 10.9. The van der Waals surface area contributed by atoms with Crippen LogP contribution in [0.15, 0.2) is 18.2 Å². The van der Waals surface area contributed by atoms with Crippen molar-refractivity contribution in [1.29, 1.82) is 0 Å². The quantitative estimate of drug-likeness (QED) is 0.613. The normalized spacial score (nSPS) is 10.5. The third-order valence-corrected chi connectivity index (χ3v) is 2.17. The van der Waals surface area contributed by atoms with E-state index in [1.54, 1.807) is 6.07 Å². The Labute approximate surface area is 95.2 Å². The molecule has 0 atom stereocenters. The number of benzene rings is 1. The molecule has 5 heteroatoms. The van der Waals surface area contributed by atoms with Gasteiger partial charge in [0.05, 0.1) is 4.92 Å². The summed E-state index contributed by atoms with van der Waals surface area (Å²) in [4.78, 5) is 12.5. The van der Waals surface area contributed by atoms with E-state index in [0.29, 0.717) is 18.8 Å². The molecule has 1 aromatic rings. The fourth-order valence-electron chi connectivity index (χ4n) is 1.59. The maximum Gasteiger partial charge on any atom is 0.292 e. The number of nitrogens with zero attached hydrogens (tertiary/aromatic N) is 2. The molecule has 0 saturated carbocycles. The molecule has 0 aliphatic rings. The fraction of sp³-hybridized carbons (Fsp3) is 0.455. The van der Waals surface area contributed by atoms with Crippen molar-refractivity contribution in [2.24, 2.45) is 0 Å². The lowest BCUT2D eigenvalue weighted by Crippen LogP contribution is -2.13. The molecule has 16 heavy (non-hydrogen) atoms. The van der Waals surface area contributed by atoms with Crippen molar-refractivity contribution >= 4 is 11.4 Å². The highest BCUT2D eigenvalue weighted by atomic mass is 16.6. The van der Waals surface area contributed by atoms with Gasteiger partial charge in [-0.15, -0.1) is 0 Å². The van der Waals surface area contributed by atoms with E-state index in [1.165, 1.54) is 6.07 Å². The minimum atomic E-state index is -0.350. The zero-order valence-electron chi connectivity index (χ0n) is 9.86. The van der Waals surface area contributed by atoms with Gasteiger partial charge in [0, 0.05) is 19.2 Å². The molecule has 1 N–H and O–H groups in total. The van der Waals surface area contributed by atoms with Crippen LogP contribution in [0.5, 0.6) is 0 Å². The van der Waals surface area contributed by atoms with E-state index in [1.807, 2.05) is 32.0 Å². The lowest BCUT2D eigenvalue weighted by Gasteiger charge is -2.14. The zero-order chi connectivity index (χ0) is 12.1. The average Bonchev–Trinajstić information content (AvgIpc) is 2.19. The fourth-order valence-corrected chi connectivity index (χ4v) is 1.59. The molecule has 0 spiro atoms. The lowest BCUT2D eigenvalue weighted by atomic mass is 10.1. The van der Waals surface area contributed by atoms with Gasteiger partial charge in [-0.3, -0.25) is 10.1 Å². The summed E-state index contributed by atoms with van der Waals surface area (Å²) in [7, 11) is 3.88. The Balaban J connectivity index is 3.15. The van der Waals surface area contributed by atoms with Crippen LogP contribution in [-0.4, -0.2) is 30.5 Å². The number of para-hydroxylation sites is 1. The van der Waals surface area contributed by atoms with E-state index in [4.69, 9.17) is 0 Å². The van der Waals surface area contributed by atoms with Crippen LogP contribution < -0.4 is 5.32 Å². The van der Waals surface area contributed by atoms with Crippen molar-refractivity contribution in [3.8, 4) is 0 Å². The van der Waals surface area contributed by atoms with Crippen LogP contribution in [0.2, 0.25) is 0 Å². The highest BCUT2D eigenvalue weighted by molar-refractivity contribution is 5.66. The first-order valence-electron chi connectivity index (χ1n) is 5.21. The first kappa shape index (κ1) is 12.4. The molecule has 0 aliphatic heterocycles. The van der Waals surface area contributed by atoms with Gasteiger partial charge < -0.3 is 10.2 Å². The number of anilines is 1. The Hall–Kier alpha value is -1.62. The van der Waals surface area contributed by atoms with Gasteiger partial charge in [-0.2, -0.15) is 0 Å². The van der Waals surface area contributed by atoms with E-state index in [-0.39, 0.29) is 10.6 Å². The Bertz CT molecular complexity index is 377. The summed E-state index contributed by atoms with van der Waals surface area (Å²) in [6, 6.07) is 5.15. The van der Waals surface area contributed by atoms with E-state index in [0.717, 1.165) is 5.56 Å². The number of hydrogen-bond acceptors (Lipinski definition) is 4. The van der Waals surface area contributed by atoms with Gasteiger partial charge >= 0.3 is 0 Å². The van der Waals surface area contributed by atoms with Crippen molar-refractivity contribution < 1.29 is 4.92 Å². The van der Waals surface area contributed by atoms with Crippen molar-refractivity contribution in [3.63, 3.8) is 0 Å². The summed E-state index contributed by atoms with van der Waals surface area (Å²) in [5.74, 6) is 0. The van der Waals surface area contributed by atoms with Crippen molar-refractivity contribution in [1.82, 2.24) is 4.90 Å². The molecule has 1 rings (SSSR count). The molecule has 0 saturated heterocycles. The summed E-state index contributed by atoms with van der Waals surface area (Å²) in [5.41, 5.74) is 1.71. The molecule has 1 aromatic carbocycles. The number of rotatable bonds is 5. The second-order valence-corrected chi connectivity index (χ2v) is 3.84. The van der Waals surface area contributed by atoms with Crippen LogP contribution in [0.1, 0.15) is 12.5 Å². The van der Waals surface area contributed by atoms with Gasteiger partial charge in [0.25, 0.3) is 5.69 Å². The summed E-state index contributed by atoms with van der Waals surface area (Å²) in [6.07, 6.45) is 0. The Morgan fingerprint density at radius 2 is 2.12 bits per heavy atom. The Morgan fingerprint density at radius 3 is 2.62 bits per heavy atom. The Morgan fingerprint density at radius 1 is 1.44 bits per heavy atom. The SMILES string of the molecule is CCNc1c(CN(C)C)cccc1[N+](=O)[O-]. The lowest BCUT2D eigenvalue weighted by molar-refractivity contribution is -0.384. The van der Waals surface area contributed by atoms with Crippen LogP contribution in [0.25, 0.3) is 0 Å². The Kier molecular flexibility index (Phi) is 4.25. The highest BCUT2D eigenvalue weighted by Crippen LogP contribution is 2.28. The highest BCUT2D eigenvalue weighted by Gasteiger charge is 2.16. The standard InChI is InChI=1S/C11H17N3O2/c1-4-12-11-9(8-13(2)3)6-5-7-10(11)14(15)16/h5-7,12H,4,8H2,1-3H3. The monoisotopic (exact) mass is 223 g/mol. The van der Waals surface area contributed by atoms with Gasteiger partial charge in [-0.05, 0) is 26.6 Å².